The second-order valence-corrected chi connectivity index (χ2v) is 12.8. The van der Waals surface area contributed by atoms with E-state index in [1.165, 1.54) is 39.0 Å². The molecule has 1 radical (unpaired) electrons. The molecule has 5 aromatic carbocycles. The van der Waals surface area contributed by atoms with Gasteiger partial charge in [0.25, 0.3) is 0 Å². The largest absolute Gasteiger partial charge is 0.427 e. The Morgan fingerprint density at radius 1 is 0.622 bits per heavy atom. The molecule has 0 amide bonds. The highest BCUT2D eigenvalue weighted by Gasteiger charge is 2.35. The summed E-state index contributed by atoms with van der Waals surface area (Å²) >= 11 is 0. The van der Waals surface area contributed by atoms with Crippen LogP contribution >= 0.6 is 0 Å². The molecule has 0 fully saturated rings. The topological polar surface area (TPSA) is 41.8 Å². The highest BCUT2D eigenvalue weighted by atomic mass is 16.5. The van der Waals surface area contributed by atoms with Gasteiger partial charge in [-0.3, -0.25) is 4.99 Å². The Balaban J connectivity index is 1.33. The van der Waals surface area contributed by atoms with E-state index in [4.69, 9.17) is 9.65 Å². The van der Waals surface area contributed by atoms with Crippen molar-refractivity contribution in [1.82, 2.24) is 0 Å². The van der Waals surface area contributed by atoms with E-state index in [2.05, 4.69) is 115 Å². The van der Waals surface area contributed by atoms with Gasteiger partial charge in [0.05, 0.1) is 23.0 Å². The van der Waals surface area contributed by atoms with Gasteiger partial charge in [0, 0.05) is 0 Å². The fraction of sp³-hybridized carbons (Fsp3) is 0.195. The van der Waals surface area contributed by atoms with Crippen molar-refractivity contribution < 1.29 is 9.76 Å². The van der Waals surface area contributed by atoms with Crippen LogP contribution in [0.15, 0.2) is 145 Å². The predicted octanol–water partition coefficient (Wildman–Crippen LogP) is 8.85. The summed E-state index contributed by atoms with van der Waals surface area (Å²) in [7, 11) is 1.73. The fourth-order valence-corrected chi connectivity index (χ4v) is 5.40. The number of rotatable bonds is 9. The van der Waals surface area contributed by atoms with Gasteiger partial charge in [-0.2, -0.15) is 0 Å². The van der Waals surface area contributed by atoms with Crippen molar-refractivity contribution in [3.63, 3.8) is 0 Å². The Kier molecular flexibility index (Phi) is 8.71. The summed E-state index contributed by atoms with van der Waals surface area (Å²) < 4.78 is 6.07. The minimum absolute atomic E-state index is 0.0170. The lowest BCUT2D eigenvalue weighted by Crippen LogP contribution is -2.49. The molecule has 0 saturated carbocycles. The first-order valence-corrected chi connectivity index (χ1v) is 15.6. The number of hydrogen-bond acceptors (Lipinski definition) is 3. The summed E-state index contributed by atoms with van der Waals surface area (Å²) in [4.78, 5) is 5.30. The van der Waals surface area contributed by atoms with Crippen molar-refractivity contribution in [2.75, 3.05) is 0 Å². The number of allylic oxidation sites excluding steroid dienone is 1. The zero-order chi connectivity index (χ0) is 31.4. The van der Waals surface area contributed by atoms with Gasteiger partial charge in [-0.15, -0.1) is 0 Å². The van der Waals surface area contributed by atoms with Crippen molar-refractivity contribution in [1.29, 1.82) is 0 Å². The van der Waals surface area contributed by atoms with E-state index in [0.29, 0.717) is 0 Å². The third-order valence-corrected chi connectivity index (χ3v) is 8.93. The van der Waals surface area contributed by atoms with Gasteiger partial charge in [-0.1, -0.05) is 139 Å². The highest BCUT2D eigenvalue weighted by Crippen LogP contribution is 2.36. The lowest BCUT2D eigenvalue weighted by atomic mass is 9.81. The zero-order valence-corrected chi connectivity index (χ0v) is 26.4. The Labute approximate surface area is 268 Å². The minimum atomic E-state index is -0.995. The predicted molar refractivity (Wildman–Crippen MR) is 189 cm³/mol. The number of benzene rings is 5. The number of hydrogen-bond donors (Lipinski definition) is 1. The molecule has 0 aromatic heterocycles. The van der Waals surface area contributed by atoms with Gasteiger partial charge in [0.1, 0.15) is 0 Å². The maximum Gasteiger partial charge on any atom is 0.330 e. The third-order valence-electron chi connectivity index (χ3n) is 8.93. The van der Waals surface area contributed by atoms with Gasteiger partial charge in [0.2, 0.25) is 0 Å². The molecule has 1 atom stereocenters. The van der Waals surface area contributed by atoms with Crippen molar-refractivity contribution in [2.45, 2.75) is 51.4 Å². The third kappa shape index (κ3) is 7.09. The van der Waals surface area contributed by atoms with Crippen LogP contribution in [0.3, 0.4) is 0 Å². The van der Waals surface area contributed by atoms with E-state index < -0.39 is 11.2 Å². The molecule has 45 heavy (non-hydrogen) atoms. The van der Waals surface area contributed by atoms with Crippen LogP contribution in [-0.2, 0) is 4.65 Å². The second kappa shape index (κ2) is 12.8. The molecular weight excluding hydrogens is 549 g/mol. The average Bonchev–Trinajstić information content (AvgIpc) is 3.08. The van der Waals surface area contributed by atoms with Crippen LogP contribution in [0.5, 0.6) is 0 Å². The number of dihydropyridines is 1. The smallest absolute Gasteiger partial charge is 0.330 e. The molecule has 1 unspecified atom stereocenters. The molecule has 0 bridgehead atoms. The molecule has 223 valence electrons. The molecule has 5 aromatic rings. The van der Waals surface area contributed by atoms with Crippen LogP contribution in [-0.4, -0.2) is 29.5 Å². The monoisotopic (exact) mass is 588 g/mol. The summed E-state index contributed by atoms with van der Waals surface area (Å²) in [6.45, 7) is 7.31. The summed E-state index contributed by atoms with van der Waals surface area (Å²) in [6.07, 6.45) is 3.04. The van der Waals surface area contributed by atoms with E-state index in [1.54, 1.807) is 21.3 Å². The maximum atomic E-state index is 10.5. The summed E-state index contributed by atoms with van der Waals surface area (Å²) in [5.74, 6) is 0. The molecule has 1 aliphatic heterocycles. The van der Waals surface area contributed by atoms with E-state index in [1.807, 2.05) is 38.1 Å². The van der Waals surface area contributed by atoms with Crippen molar-refractivity contribution >= 4 is 24.2 Å². The molecular formula is C41H39BNO2. The SMILES string of the molecule is CC(C)(O)C(C)(C)O[B]c1cccc(C2=NC(c3ccc(-c4ccccc4)cc3)CC(c3ccc(-c4ccccc4)cc3)=C2)c1. The van der Waals surface area contributed by atoms with Crippen LogP contribution in [0.25, 0.3) is 27.8 Å². The van der Waals surface area contributed by atoms with E-state index >= 15 is 0 Å². The van der Waals surface area contributed by atoms with E-state index in [0.717, 1.165) is 23.2 Å². The molecule has 0 aliphatic carbocycles. The Morgan fingerprint density at radius 3 is 1.71 bits per heavy atom. The molecule has 1 N–H and O–H groups in total. The molecule has 0 saturated heterocycles. The quantitative estimate of drug-likeness (QED) is 0.175. The van der Waals surface area contributed by atoms with E-state index in [9.17, 15) is 5.11 Å². The highest BCUT2D eigenvalue weighted by molar-refractivity contribution is 6.47. The Bertz CT molecular complexity index is 1800. The van der Waals surface area contributed by atoms with Crippen LogP contribution in [0.4, 0.5) is 0 Å². The van der Waals surface area contributed by atoms with Crippen LogP contribution in [0, 0.1) is 0 Å². The number of aliphatic imine (C=N–C) groups is 1. The van der Waals surface area contributed by atoms with Gasteiger partial charge in [-0.05, 0) is 84.7 Å². The van der Waals surface area contributed by atoms with Gasteiger partial charge >= 0.3 is 7.48 Å². The Morgan fingerprint density at radius 2 is 1.13 bits per heavy atom. The van der Waals surface area contributed by atoms with Gasteiger partial charge in [-0.25, -0.2) is 0 Å². The first-order chi connectivity index (χ1) is 21.7. The minimum Gasteiger partial charge on any atom is -0.427 e. The average molecular weight is 589 g/mol. The normalized spacial score (nSPS) is 15.3. The second-order valence-electron chi connectivity index (χ2n) is 12.8. The molecule has 6 rings (SSSR count). The van der Waals surface area contributed by atoms with Crippen LogP contribution in [0.2, 0.25) is 0 Å². The van der Waals surface area contributed by atoms with Crippen LogP contribution < -0.4 is 5.46 Å². The Hall–Kier alpha value is -4.51. The molecule has 1 aliphatic rings. The molecule has 1 heterocycles. The molecule has 3 nitrogen and oxygen atoms in total. The summed E-state index contributed by atoms with van der Waals surface area (Å²) in [6, 6.07) is 46.9. The standard InChI is InChI=1S/C41H39BNO2/c1-40(2,44)41(3,4)45-42-37-17-11-16-35(26-37)39-28-36(33-20-18-31(19-21-33)29-12-7-5-8-13-29)27-38(43-39)34-24-22-32(23-25-34)30-14-9-6-10-15-30/h5-26,28,38,44H,27H2,1-4H3. The number of aliphatic hydroxyl groups is 1. The van der Waals surface area contributed by atoms with Crippen LogP contribution in [0.1, 0.15) is 56.8 Å². The van der Waals surface area contributed by atoms with Crippen molar-refractivity contribution in [2.24, 2.45) is 4.99 Å². The van der Waals surface area contributed by atoms with E-state index in [-0.39, 0.29) is 6.04 Å². The van der Waals surface area contributed by atoms with Crippen molar-refractivity contribution in [3.8, 4) is 22.3 Å². The van der Waals surface area contributed by atoms with Gasteiger partial charge < -0.3 is 9.76 Å². The molecule has 4 heteroatoms. The number of nitrogens with zero attached hydrogens (tertiary/aromatic N) is 1. The summed E-state index contributed by atoms with van der Waals surface area (Å²) in [5, 5.41) is 10.5. The van der Waals surface area contributed by atoms with Crippen molar-refractivity contribution in [3.05, 3.63) is 156 Å². The fourth-order valence-electron chi connectivity index (χ4n) is 5.40. The van der Waals surface area contributed by atoms with Gasteiger partial charge in [0.15, 0.2) is 0 Å². The molecule has 0 spiro atoms. The summed E-state index contributed by atoms with van der Waals surface area (Å²) in [5.41, 5.74) is 9.61. The maximum absolute atomic E-state index is 10.5. The zero-order valence-electron chi connectivity index (χ0n) is 26.4. The first-order valence-electron chi connectivity index (χ1n) is 15.6. The lowest BCUT2D eigenvalue weighted by Gasteiger charge is -2.37. The lowest BCUT2D eigenvalue weighted by molar-refractivity contribution is -0.0893. The first kappa shape index (κ1) is 30.5.